The van der Waals surface area contributed by atoms with Crippen LogP contribution in [-0.4, -0.2) is 26.7 Å². The first kappa shape index (κ1) is 13.2. The average Bonchev–Trinajstić information content (AvgIpc) is 2.36. The van der Waals surface area contributed by atoms with Crippen molar-refractivity contribution in [1.82, 2.24) is 14.5 Å². The van der Waals surface area contributed by atoms with E-state index < -0.39 is 17.1 Å². The Labute approximate surface area is 107 Å². The molecule has 2 N–H and O–H groups in total. The van der Waals surface area contributed by atoms with Gasteiger partial charge in [-0.05, 0) is 12.8 Å². The van der Waals surface area contributed by atoms with E-state index in [9.17, 15) is 19.2 Å². The summed E-state index contributed by atoms with van der Waals surface area (Å²) in [5.41, 5.74) is -2.31. The van der Waals surface area contributed by atoms with Crippen molar-refractivity contribution in [3.8, 4) is 0 Å². The van der Waals surface area contributed by atoms with Gasteiger partial charge in [-0.1, -0.05) is 12.8 Å². The first-order valence-corrected chi connectivity index (χ1v) is 6.12. The third-order valence-corrected chi connectivity index (χ3v) is 3.44. The van der Waals surface area contributed by atoms with Crippen LogP contribution in [0.1, 0.15) is 25.7 Å². The molecule has 1 fully saturated rings. The number of aromatic amines is 2. The van der Waals surface area contributed by atoms with Gasteiger partial charge in [0.25, 0.3) is 0 Å². The van der Waals surface area contributed by atoms with Crippen molar-refractivity contribution in [2.24, 2.45) is 10.9 Å². The van der Waals surface area contributed by atoms with Crippen LogP contribution in [0.3, 0.4) is 0 Å². The van der Waals surface area contributed by atoms with E-state index in [1.807, 2.05) is 9.97 Å². The van der Waals surface area contributed by atoms with Gasteiger partial charge in [0.05, 0.1) is 6.04 Å². The summed E-state index contributed by atoms with van der Waals surface area (Å²) in [4.78, 5) is 52.2. The maximum Gasteiger partial charge on any atom is 0.333 e. The van der Waals surface area contributed by atoms with Crippen LogP contribution in [-0.2, 0) is 11.3 Å². The van der Waals surface area contributed by atoms with Crippen LogP contribution in [0.25, 0.3) is 0 Å². The number of H-pyrrole nitrogens is 2. The molecule has 1 aromatic rings. The average molecular weight is 266 g/mol. The van der Waals surface area contributed by atoms with Gasteiger partial charge in [-0.3, -0.25) is 9.97 Å². The lowest BCUT2D eigenvalue weighted by atomic mass is 9.85. The number of nitrogens with zero attached hydrogens (tertiary/aromatic N) is 2. The van der Waals surface area contributed by atoms with E-state index in [0.717, 1.165) is 30.3 Å². The first-order chi connectivity index (χ1) is 9.11. The normalized spacial score (nSPS) is 22.7. The second-order valence-corrected chi connectivity index (χ2v) is 4.63. The summed E-state index contributed by atoms with van der Waals surface area (Å²) in [6, 6.07) is -0.218. The summed E-state index contributed by atoms with van der Waals surface area (Å²) < 4.78 is 0.935. The molecule has 1 aromatic heterocycles. The molecule has 1 aliphatic rings. The summed E-state index contributed by atoms with van der Waals surface area (Å²) in [6.45, 7) is 0.140. The van der Waals surface area contributed by atoms with E-state index in [1.165, 1.54) is 6.08 Å². The Balaban J connectivity index is 2.29. The molecule has 2 atom stereocenters. The molecule has 19 heavy (non-hydrogen) atoms. The highest BCUT2D eigenvalue weighted by molar-refractivity contribution is 5.33. The lowest BCUT2D eigenvalue weighted by Gasteiger charge is -2.27. The summed E-state index contributed by atoms with van der Waals surface area (Å²) in [6.07, 6.45) is 4.99. The zero-order valence-corrected chi connectivity index (χ0v) is 10.2. The minimum absolute atomic E-state index is 0.0695. The fourth-order valence-corrected chi connectivity index (χ4v) is 2.49. The molecule has 0 aliphatic heterocycles. The Morgan fingerprint density at radius 1 is 1.16 bits per heavy atom. The van der Waals surface area contributed by atoms with E-state index in [0.29, 0.717) is 0 Å². The van der Waals surface area contributed by atoms with Crippen molar-refractivity contribution in [3.63, 3.8) is 0 Å². The van der Waals surface area contributed by atoms with Gasteiger partial charge in [-0.2, -0.15) is 0 Å². The molecular weight excluding hydrogens is 252 g/mol. The molecule has 102 valence electrons. The van der Waals surface area contributed by atoms with Gasteiger partial charge in [0.15, 0.2) is 0 Å². The molecule has 0 amide bonds. The number of rotatable bonds is 3. The Kier molecular flexibility index (Phi) is 3.91. The van der Waals surface area contributed by atoms with Crippen LogP contribution in [0, 0.1) is 5.92 Å². The Morgan fingerprint density at radius 2 is 1.79 bits per heavy atom. The standard InChI is InChI=1S/C11H14N4O4/c16-6-12-8-4-2-1-3-7(8)5-15-10(18)13-9(17)14-11(15)19/h7-8H,1-5H2,(H2,13,14,17,18,19). The zero-order valence-electron chi connectivity index (χ0n) is 10.2. The third kappa shape index (κ3) is 2.97. The zero-order chi connectivity index (χ0) is 13.8. The first-order valence-electron chi connectivity index (χ1n) is 6.12. The van der Waals surface area contributed by atoms with E-state index in [-0.39, 0.29) is 18.5 Å². The Bertz CT molecular complexity index is 630. The smallest absolute Gasteiger partial charge is 0.259 e. The van der Waals surface area contributed by atoms with Crippen LogP contribution in [0.15, 0.2) is 19.4 Å². The molecule has 1 heterocycles. The predicted octanol–water partition coefficient (Wildman–Crippen LogP) is -0.880. The highest BCUT2D eigenvalue weighted by Crippen LogP contribution is 2.27. The Morgan fingerprint density at radius 3 is 2.42 bits per heavy atom. The van der Waals surface area contributed by atoms with Crippen LogP contribution in [0.2, 0.25) is 0 Å². The van der Waals surface area contributed by atoms with Gasteiger partial charge in [-0.25, -0.2) is 28.7 Å². The SMILES string of the molecule is O=C=NC1CCCCC1Cn1c(=O)[nH]c(=O)[nH]c1=O. The molecule has 8 nitrogen and oxygen atoms in total. The van der Waals surface area contributed by atoms with Crippen LogP contribution >= 0.6 is 0 Å². The minimum Gasteiger partial charge on any atom is -0.259 e. The number of hydrogen-bond acceptors (Lipinski definition) is 5. The molecule has 0 saturated heterocycles. The van der Waals surface area contributed by atoms with E-state index >= 15 is 0 Å². The van der Waals surface area contributed by atoms with Crippen molar-refractivity contribution in [2.45, 2.75) is 38.3 Å². The third-order valence-electron chi connectivity index (χ3n) is 3.44. The van der Waals surface area contributed by atoms with Crippen LogP contribution in [0.4, 0.5) is 0 Å². The summed E-state index contributed by atoms with van der Waals surface area (Å²) >= 11 is 0. The van der Waals surface area contributed by atoms with E-state index in [2.05, 4.69) is 4.99 Å². The molecule has 0 radical (unpaired) electrons. The summed E-state index contributed by atoms with van der Waals surface area (Å²) in [5.74, 6) is -0.0695. The number of isocyanates is 1. The second-order valence-electron chi connectivity index (χ2n) is 4.63. The van der Waals surface area contributed by atoms with Gasteiger partial charge in [-0.15, -0.1) is 0 Å². The fraction of sp³-hybridized carbons (Fsp3) is 0.636. The van der Waals surface area contributed by atoms with Crippen molar-refractivity contribution in [2.75, 3.05) is 0 Å². The highest BCUT2D eigenvalue weighted by Gasteiger charge is 2.26. The molecule has 0 aromatic carbocycles. The fourth-order valence-electron chi connectivity index (χ4n) is 2.49. The van der Waals surface area contributed by atoms with Gasteiger partial charge in [0.2, 0.25) is 6.08 Å². The number of aliphatic imine (C=N–C) groups is 1. The number of carbonyl (C=O) groups excluding carboxylic acids is 1. The molecule has 1 saturated carbocycles. The van der Waals surface area contributed by atoms with Gasteiger partial charge >= 0.3 is 17.1 Å². The van der Waals surface area contributed by atoms with Gasteiger partial charge < -0.3 is 0 Å². The molecule has 8 heteroatoms. The number of hydrogen-bond donors (Lipinski definition) is 2. The highest BCUT2D eigenvalue weighted by atomic mass is 16.2. The van der Waals surface area contributed by atoms with Crippen molar-refractivity contribution >= 4 is 6.08 Å². The maximum atomic E-state index is 11.6. The second kappa shape index (κ2) is 5.62. The summed E-state index contributed by atoms with van der Waals surface area (Å²) in [5, 5.41) is 0. The quantitative estimate of drug-likeness (QED) is 0.545. The molecule has 2 unspecified atom stereocenters. The van der Waals surface area contributed by atoms with Crippen molar-refractivity contribution in [3.05, 3.63) is 31.5 Å². The molecular formula is C11H14N4O4. The van der Waals surface area contributed by atoms with Crippen molar-refractivity contribution < 1.29 is 4.79 Å². The molecule has 2 rings (SSSR count). The topological polar surface area (TPSA) is 117 Å². The largest absolute Gasteiger partial charge is 0.333 e. The monoisotopic (exact) mass is 266 g/mol. The molecule has 0 spiro atoms. The summed E-state index contributed by atoms with van der Waals surface area (Å²) in [7, 11) is 0. The van der Waals surface area contributed by atoms with Gasteiger partial charge in [0, 0.05) is 12.5 Å². The van der Waals surface area contributed by atoms with E-state index in [1.54, 1.807) is 0 Å². The van der Waals surface area contributed by atoms with E-state index in [4.69, 9.17) is 0 Å². The number of nitrogens with one attached hydrogen (secondary N) is 2. The molecule has 1 aliphatic carbocycles. The molecule has 0 bridgehead atoms. The predicted molar refractivity (Wildman–Crippen MR) is 65.8 cm³/mol. The lowest BCUT2D eigenvalue weighted by molar-refractivity contribution is 0.269. The van der Waals surface area contributed by atoms with Crippen molar-refractivity contribution in [1.29, 1.82) is 0 Å². The van der Waals surface area contributed by atoms with Crippen LogP contribution < -0.4 is 17.1 Å². The lowest BCUT2D eigenvalue weighted by Crippen LogP contribution is -2.45. The number of aromatic nitrogens is 3. The maximum absolute atomic E-state index is 11.6. The van der Waals surface area contributed by atoms with Crippen LogP contribution in [0.5, 0.6) is 0 Å². The minimum atomic E-state index is -0.822. The Hall–Kier alpha value is -2.21. The van der Waals surface area contributed by atoms with Gasteiger partial charge in [0.1, 0.15) is 0 Å².